The summed E-state index contributed by atoms with van der Waals surface area (Å²) >= 11 is 10.3. The van der Waals surface area contributed by atoms with Crippen molar-refractivity contribution in [3.05, 3.63) is 20.2 Å². The molecule has 0 N–H and O–H groups in total. The summed E-state index contributed by atoms with van der Waals surface area (Å²) in [5.41, 5.74) is 1.08. The van der Waals surface area contributed by atoms with Crippen molar-refractivity contribution in [2.75, 3.05) is 0 Å². The lowest BCUT2D eigenvalue weighted by Gasteiger charge is -2.09. The topological polar surface area (TPSA) is 25.8 Å². The van der Waals surface area contributed by atoms with Crippen LogP contribution < -0.4 is 0 Å². The largest absolute Gasteiger partial charge is 0.236 e. The molecule has 0 aromatic carbocycles. The number of halogens is 2. The second kappa shape index (κ2) is 6.57. The van der Waals surface area contributed by atoms with Crippen molar-refractivity contribution in [1.29, 1.82) is 0 Å². The van der Waals surface area contributed by atoms with E-state index in [1.165, 1.54) is 25.7 Å². The molecule has 17 heavy (non-hydrogen) atoms. The summed E-state index contributed by atoms with van der Waals surface area (Å²) in [6.07, 6.45) is 6.38. The lowest BCUT2D eigenvalue weighted by molar-refractivity contribution is 0.886. The van der Waals surface area contributed by atoms with E-state index in [1.807, 2.05) is 11.8 Å². The zero-order chi connectivity index (χ0) is 12.3. The average molecular weight is 383 g/mol. The molecule has 1 fully saturated rings. The molecule has 2 rings (SSSR count). The SMILES string of the molecule is CCc1nc(CSC2CCCC2)nc(Cl)c1I. The molecule has 1 heterocycles. The minimum atomic E-state index is 0.611. The molecule has 2 nitrogen and oxygen atoms in total. The molecule has 0 atom stereocenters. The van der Waals surface area contributed by atoms with Gasteiger partial charge in [-0.05, 0) is 41.9 Å². The van der Waals surface area contributed by atoms with E-state index in [4.69, 9.17) is 11.6 Å². The Bertz CT molecular complexity index is 394. The van der Waals surface area contributed by atoms with Gasteiger partial charge >= 0.3 is 0 Å². The van der Waals surface area contributed by atoms with Crippen molar-refractivity contribution in [3.8, 4) is 0 Å². The number of thioether (sulfide) groups is 1. The number of hydrogen-bond donors (Lipinski definition) is 0. The van der Waals surface area contributed by atoms with Gasteiger partial charge in [0, 0.05) is 5.25 Å². The zero-order valence-corrected chi connectivity index (χ0v) is 13.6. The van der Waals surface area contributed by atoms with Crippen LogP contribution in [0.1, 0.15) is 44.1 Å². The molecule has 5 heteroatoms. The molecule has 0 bridgehead atoms. The third-order valence-electron chi connectivity index (χ3n) is 3.01. The summed E-state index contributed by atoms with van der Waals surface area (Å²) in [4.78, 5) is 8.96. The first-order valence-corrected chi connectivity index (χ1v) is 8.53. The molecule has 0 aliphatic heterocycles. The van der Waals surface area contributed by atoms with Gasteiger partial charge in [0.15, 0.2) is 0 Å². The van der Waals surface area contributed by atoms with Gasteiger partial charge in [0.1, 0.15) is 11.0 Å². The maximum atomic E-state index is 6.13. The Morgan fingerprint density at radius 1 is 1.35 bits per heavy atom. The molecule has 1 aliphatic rings. The first-order valence-electron chi connectivity index (χ1n) is 6.03. The summed E-state index contributed by atoms with van der Waals surface area (Å²) < 4.78 is 1.00. The molecular weight excluding hydrogens is 367 g/mol. The van der Waals surface area contributed by atoms with Crippen LogP contribution >= 0.6 is 46.0 Å². The number of aromatic nitrogens is 2. The smallest absolute Gasteiger partial charge is 0.146 e. The van der Waals surface area contributed by atoms with Crippen LogP contribution in [0.15, 0.2) is 0 Å². The normalized spacial score (nSPS) is 16.6. The maximum absolute atomic E-state index is 6.13. The molecule has 0 amide bonds. The lowest BCUT2D eigenvalue weighted by Crippen LogP contribution is -2.03. The van der Waals surface area contributed by atoms with Crippen molar-refractivity contribution < 1.29 is 0 Å². The van der Waals surface area contributed by atoms with Crippen LogP contribution in [0.2, 0.25) is 5.15 Å². The van der Waals surface area contributed by atoms with Crippen molar-refractivity contribution >= 4 is 46.0 Å². The predicted octanol–water partition coefficient (Wildman–Crippen LogP) is 4.47. The quantitative estimate of drug-likeness (QED) is 0.567. The second-order valence-electron chi connectivity index (χ2n) is 4.26. The minimum absolute atomic E-state index is 0.611. The number of nitrogens with zero attached hydrogens (tertiary/aromatic N) is 2. The lowest BCUT2D eigenvalue weighted by atomic mass is 10.3. The van der Waals surface area contributed by atoms with Gasteiger partial charge in [0.2, 0.25) is 0 Å². The van der Waals surface area contributed by atoms with Gasteiger partial charge < -0.3 is 0 Å². The number of rotatable bonds is 4. The molecule has 0 unspecified atom stereocenters. The van der Waals surface area contributed by atoms with E-state index in [1.54, 1.807) is 0 Å². The Balaban J connectivity index is 2.02. The molecule has 1 saturated carbocycles. The van der Waals surface area contributed by atoms with Gasteiger partial charge in [-0.3, -0.25) is 0 Å². The second-order valence-corrected chi connectivity index (χ2v) is 6.99. The van der Waals surface area contributed by atoms with E-state index in [-0.39, 0.29) is 0 Å². The van der Waals surface area contributed by atoms with Crippen molar-refractivity contribution in [2.45, 2.75) is 50.0 Å². The maximum Gasteiger partial charge on any atom is 0.146 e. The van der Waals surface area contributed by atoms with Crippen molar-refractivity contribution in [1.82, 2.24) is 9.97 Å². The van der Waals surface area contributed by atoms with Gasteiger partial charge in [-0.25, -0.2) is 9.97 Å². The Labute approximate surface area is 125 Å². The van der Waals surface area contributed by atoms with Crippen molar-refractivity contribution in [3.63, 3.8) is 0 Å². The predicted molar refractivity (Wildman–Crippen MR) is 82.7 cm³/mol. The van der Waals surface area contributed by atoms with Crippen LogP contribution in [0, 0.1) is 3.57 Å². The standard InChI is InChI=1S/C12H16ClIN2S/c1-2-9-11(14)12(13)16-10(15-9)7-17-8-5-3-4-6-8/h8H,2-7H2,1H3. The molecular formula is C12H16ClIN2S. The summed E-state index contributed by atoms with van der Waals surface area (Å²) in [5, 5.41) is 1.42. The molecule has 0 spiro atoms. The third-order valence-corrected chi connectivity index (χ3v) is 6.10. The Morgan fingerprint density at radius 3 is 2.71 bits per heavy atom. The van der Waals surface area contributed by atoms with Gasteiger partial charge in [-0.15, -0.1) is 0 Å². The van der Waals surface area contributed by atoms with Gasteiger partial charge in [0.25, 0.3) is 0 Å². The van der Waals surface area contributed by atoms with Crippen LogP contribution in [-0.4, -0.2) is 15.2 Å². The van der Waals surface area contributed by atoms with E-state index in [0.717, 1.165) is 32.5 Å². The summed E-state index contributed by atoms with van der Waals surface area (Å²) in [6, 6.07) is 0. The highest BCUT2D eigenvalue weighted by molar-refractivity contribution is 14.1. The van der Waals surface area contributed by atoms with Crippen LogP contribution in [0.4, 0.5) is 0 Å². The minimum Gasteiger partial charge on any atom is -0.236 e. The highest BCUT2D eigenvalue weighted by Crippen LogP contribution is 2.31. The average Bonchev–Trinajstić information content (AvgIpc) is 2.83. The Kier molecular flexibility index (Phi) is 5.36. The molecule has 1 aromatic heterocycles. The fourth-order valence-corrected chi connectivity index (χ4v) is 4.07. The number of aryl methyl sites for hydroxylation is 1. The van der Waals surface area contributed by atoms with E-state index >= 15 is 0 Å². The van der Waals surface area contributed by atoms with Gasteiger partial charge in [-0.1, -0.05) is 31.4 Å². The van der Waals surface area contributed by atoms with Crippen molar-refractivity contribution in [2.24, 2.45) is 0 Å². The molecule has 0 saturated heterocycles. The monoisotopic (exact) mass is 382 g/mol. The molecule has 0 radical (unpaired) electrons. The zero-order valence-electron chi connectivity index (χ0n) is 9.88. The van der Waals surface area contributed by atoms with E-state index in [0.29, 0.717) is 5.15 Å². The van der Waals surface area contributed by atoms with E-state index < -0.39 is 0 Å². The first-order chi connectivity index (χ1) is 8.20. The van der Waals surface area contributed by atoms with Gasteiger partial charge in [0.05, 0.1) is 15.0 Å². The van der Waals surface area contributed by atoms with E-state index in [9.17, 15) is 0 Å². The fourth-order valence-electron chi connectivity index (χ4n) is 2.06. The fraction of sp³-hybridized carbons (Fsp3) is 0.667. The molecule has 94 valence electrons. The molecule has 1 aromatic rings. The van der Waals surface area contributed by atoms with Crippen LogP contribution in [0.25, 0.3) is 0 Å². The van der Waals surface area contributed by atoms with Crippen LogP contribution in [0.3, 0.4) is 0 Å². The third kappa shape index (κ3) is 3.70. The summed E-state index contributed by atoms with van der Waals surface area (Å²) in [6.45, 7) is 2.11. The van der Waals surface area contributed by atoms with Gasteiger partial charge in [-0.2, -0.15) is 11.8 Å². The number of hydrogen-bond acceptors (Lipinski definition) is 3. The highest BCUT2D eigenvalue weighted by Gasteiger charge is 2.16. The summed E-state index contributed by atoms with van der Waals surface area (Å²) in [7, 11) is 0. The Hall–Kier alpha value is 0.450. The van der Waals surface area contributed by atoms with Crippen LogP contribution in [0.5, 0.6) is 0 Å². The summed E-state index contributed by atoms with van der Waals surface area (Å²) in [5.74, 6) is 1.79. The first kappa shape index (κ1) is 13.9. The Morgan fingerprint density at radius 2 is 2.06 bits per heavy atom. The van der Waals surface area contributed by atoms with E-state index in [2.05, 4.69) is 39.5 Å². The van der Waals surface area contributed by atoms with Crippen LogP contribution in [-0.2, 0) is 12.2 Å². The highest BCUT2D eigenvalue weighted by atomic mass is 127. The molecule has 1 aliphatic carbocycles.